The molecule has 0 amide bonds. The van der Waals surface area contributed by atoms with Crippen molar-refractivity contribution in [3.8, 4) is 11.3 Å². The smallest absolute Gasteiger partial charge is 0.207 e. The van der Waals surface area contributed by atoms with E-state index in [0.717, 1.165) is 23.3 Å². The quantitative estimate of drug-likeness (QED) is 0.345. The molecule has 0 saturated heterocycles. The largest absolute Gasteiger partial charge is 0.416 e. The van der Waals surface area contributed by atoms with Gasteiger partial charge in [0.1, 0.15) is 5.82 Å². The van der Waals surface area contributed by atoms with Crippen LogP contribution < -0.4 is 0 Å². The number of benzene rings is 2. The number of nitrogens with zero attached hydrogens (tertiary/aromatic N) is 4. The summed E-state index contributed by atoms with van der Waals surface area (Å²) in [6, 6.07) is 14.5. The molecule has 0 N–H and O–H groups in total. The molecule has 4 nitrogen and oxygen atoms in total. The Morgan fingerprint density at radius 2 is 1.57 bits per heavy atom. The molecule has 9 heteroatoms. The van der Waals surface area contributed by atoms with Crippen molar-refractivity contribution in [2.45, 2.75) is 17.1 Å². The van der Waals surface area contributed by atoms with E-state index < -0.39 is 11.7 Å². The van der Waals surface area contributed by atoms with Gasteiger partial charge in [0.25, 0.3) is 0 Å². The van der Waals surface area contributed by atoms with Crippen LogP contribution in [0.3, 0.4) is 0 Å². The minimum absolute atomic E-state index is 0.332. The fourth-order valence-electron chi connectivity index (χ4n) is 2.57. The number of rotatable bonds is 4. The highest BCUT2D eigenvalue weighted by Crippen LogP contribution is 2.30. The second-order valence-electron chi connectivity index (χ2n) is 5.96. The minimum atomic E-state index is -4.35. The predicted molar refractivity (Wildman–Crippen MR) is 97.2 cm³/mol. The van der Waals surface area contributed by atoms with Gasteiger partial charge in [-0.3, -0.25) is 0 Å². The molecule has 28 heavy (non-hydrogen) atoms. The zero-order valence-electron chi connectivity index (χ0n) is 14.2. The molecule has 2 heterocycles. The van der Waals surface area contributed by atoms with Crippen molar-refractivity contribution in [2.75, 3.05) is 0 Å². The Labute approximate surface area is 161 Å². The van der Waals surface area contributed by atoms with Gasteiger partial charge in [-0.25, -0.2) is 4.39 Å². The van der Waals surface area contributed by atoms with Crippen LogP contribution in [0.2, 0.25) is 0 Å². The molecule has 0 aliphatic heterocycles. The van der Waals surface area contributed by atoms with Crippen LogP contribution >= 0.6 is 11.8 Å². The lowest BCUT2D eigenvalue weighted by Gasteiger charge is -2.07. The highest BCUT2D eigenvalue weighted by molar-refractivity contribution is 7.98. The number of halogens is 4. The summed E-state index contributed by atoms with van der Waals surface area (Å²) in [5, 5.41) is 13.1. The van der Waals surface area contributed by atoms with Gasteiger partial charge >= 0.3 is 6.18 Å². The first-order chi connectivity index (χ1) is 13.4. The fourth-order valence-corrected chi connectivity index (χ4v) is 3.42. The molecule has 0 radical (unpaired) electrons. The molecule has 0 saturated carbocycles. The monoisotopic (exact) mass is 404 g/mol. The fraction of sp³-hybridized carbons (Fsp3) is 0.105. The van der Waals surface area contributed by atoms with E-state index in [1.54, 1.807) is 28.8 Å². The summed E-state index contributed by atoms with van der Waals surface area (Å²) < 4.78 is 52.6. The van der Waals surface area contributed by atoms with E-state index in [-0.39, 0.29) is 5.82 Å². The third-order valence-electron chi connectivity index (χ3n) is 4.02. The molecule has 0 atom stereocenters. The lowest BCUT2D eigenvalue weighted by atomic mass is 10.1. The van der Waals surface area contributed by atoms with Crippen LogP contribution in [0.25, 0.3) is 16.9 Å². The van der Waals surface area contributed by atoms with E-state index >= 15 is 0 Å². The highest BCUT2D eigenvalue weighted by atomic mass is 32.2. The van der Waals surface area contributed by atoms with Crippen LogP contribution in [0, 0.1) is 5.82 Å². The van der Waals surface area contributed by atoms with Crippen LogP contribution in [-0.4, -0.2) is 19.8 Å². The summed E-state index contributed by atoms with van der Waals surface area (Å²) in [6.45, 7) is 0. The molecular formula is C19H12F4N4S. The molecule has 4 rings (SSSR count). The van der Waals surface area contributed by atoms with Crippen molar-refractivity contribution in [1.82, 2.24) is 19.8 Å². The van der Waals surface area contributed by atoms with E-state index in [2.05, 4.69) is 15.3 Å². The molecule has 2 aromatic heterocycles. The number of alkyl halides is 3. The molecule has 4 aromatic rings. The van der Waals surface area contributed by atoms with Gasteiger partial charge in [-0.05, 0) is 54.1 Å². The zero-order valence-corrected chi connectivity index (χ0v) is 15.0. The maximum atomic E-state index is 13.1. The minimum Gasteiger partial charge on any atom is -0.207 e. The van der Waals surface area contributed by atoms with Crippen LogP contribution in [-0.2, 0) is 11.9 Å². The summed E-state index contributed by atoms with van der Waals surface area (Å²) in [5.74, 6) is 0.0865. The Balaban J connectivity index is 1.55. The molecular weight excluding hydrogens is 392 g/mol. The summed E-state index contributed by atoms with van der Waals surface area (Å²) in [7, 11) is 0. The standard InChI is InChI=1S/C19H12F4N4S/c20-15-7-3-13(4-8-15)16-9-10-17-24-25-18(27(17)26-16)28-11-12-1-5-14(6-2-12)19(21,22)23/h1-10H,11H2. The van der Waals surface area contributed by atoms with Crippen molar-refractivity contribution < 1.29 is 17.6 Å². The van der Waals surface area contributed by atoms with Crippen molar-refractivity contribution >= 4 is 17.4 Å². The van der Waals surface area contributed by atoms with E-state index in [4.69, 9.17) is 0 Å². The topological polar surface area (TPSA) is 43.1 Å². The number of fused-ring (bicyclic) bond motifs is 1. The Bertz CT molecular complexity index is 1110. The molecule has 0 bridgehead atoms. The lowest BCUT2D eigenvalue weighted by molar-refractivity contribution is -0.137. The van der Waals surface area contributed by atoms with Gasteiger partial charge in [-0.1, -0.05) is 23.9 Å². The Kier molecular flexibility index (Phi) is 4.76. The number of hydrogen-bond donors (Lipinski definition) is 0. The van der Waals surface area contributed by atoms with E-state index in [1.807, 2.05) is 0 Å². The summed E-state index contributed by atoms with van der Waals surface area (Å²) >= 11 is 1.31. The van der Waals surface area contributed by atoms with Crippen LogP contribution in [0.5, 0.6) is 0 Å². The van der Waals surface area contributed by atoms with E-state index in [1.165, 1.54) is 36.0 Å². The number of thioether (sulfide) groups is 1. The van der Waals surface area contributed by atoms with Crippen molar-refractivity contribution in [3.63, 3.8) is 0 Å². The second-order valence-corrected chi connectivity index (χ2v) is 6.90. The van der Waals surface area contributed by atoms with Gasteiger partial charge in [0, 0.05) is 11.3 Å². The Morgan fingerprint density at radius 1 is 0.857 bits per heavy atom. The normalized spacial score (nSPS) is 11.9. The molecule has 0 aliphatic rings. The first-order valence-electron chi connectivity index (χ1n) is 8.17. The number of hydrogen-bond acceptors (Lipinski definition) is 4. The SMILES string of the molecule is Fc1ccc(-c2ccc3nnc(SCc4ccc(C(F)(F)F)cc4)n3n2)cc1. The first-order valence-corrected chi connectivity index (χ1v) is 9.16. The van der Waals surface area contributed by atoms with Gasteiger partial charge in [-0.15, -0.1) is 10.2 Å². The van der Waals surface area contributed by atoms with Gasteiger partial charge < -0.3 is 0 Å². The maximum Gasteiger partial charge on any atom is 0.416 e. The number of aromatic nitrogens is 4. The van der Waals surface area contributed by atoms with Gasteiger partial charge in [-0.2, -0.15) is 22.8 Å². The van der Waals surface area contributed by atoms with Gasteiger partial charge in [0.15, 0.2) is 5.65 Å². The molecule has 0 unspecified atom stereocenters. The molecule has 0 fully saturated rings. The zero-order chi connectivity index (χ0) is 19.7. The Morgan fingerprint density at radius 3 is 2.25 bits per heavy atom. The summed E-state index contributed by atoms with van der Waals surface area (Å²) in [6.07, 6.45) is -4.35. The average molecular weight is 404 g/mol. The third kappa shape index (κ3) is 3.84. The van der Waals surface area contributed by atoms with Crippen molar-refractivity contribution in [1.29, 1.82) is 0 Å². The lowest BCUT2D eigenvalue weighted by Crippen LogP contribution is -2.04. The second kappa shape index (κ2) is 7.23. The summed E-state index contributed by atoms with van der Waals surface area (Å²) in [5.41, 5.74) is 1.96. The first kappa shape index (κ1) is 18.4. The maximum absolute atomic E-state index is 13.1. The molecule has 2 aromatic carbocycles. The van der Waals surface area contributed by atoms with Crippen LogP contribution in [0.1, 0.15) is 11.1 Å². The highest BCUT2D eigenvalue weighted by Gasteiger charge is 2.29. The Hall–Kier alpha value is -2.94. The van der Waals surface area contributed by atoms with Crippen molar-refractivity contribution in [3.05, 3.63) is 77.6 Å². The average Bonchev–Trinajstić information content (AvgIpc) is 3.09. The van der Waals surface area contributed by atoms with E-state index in [0.29, 0.717) is 22.3 Å². The van der Waals surface area contributed by atoms with Gasteiger partial charge in [0.2, 0.25) is 5.16 Å². The van der Waals surface area contributed by atoms with E-state index in [9.17, 15) is 17.6 Å². The summed E-state index contributed by atoms with van der Waals surface area (Å²) in [4.78, 5) is 0. The molecule has 0 aliphatic carbocycles. The van der Waals surface area contributed by atoms with Crippen molar-refractivity contribution in [2.24, 2.45) is 0 Å². The van der Waals surface area contributed by atoms with Crippen LogP contribution in [0.15, 0.2) is 65.8 Å². The van der Waals surface area contributed by atoms with Gasteiger partial charge in [0.05, 0.1) is 11.3 Å². The van der Waals surface area contributed by atoms with Crippen LogP contribution in [0.4, 0.5) is 17.6 Å². The molecule has 0 spiro atoms. The third-order valence-corrected chi connectivity index (χ3v) is 5.01. The molecule has 142 valence electrons. The predicted octanol–water partition coefficient (Wildman–Crippen LogP) is 5.24.